The first-order valence-electron chi connectivity index (χ1n) is 6.68. The monoisotopic (exact) mass is 341 g/mol. The van der Waals surface area contributed by atoms with Gasteiger partial charge in [-0.3, -0.25) is 4.79 Å². The Labute approximate surface area is 125 Å². The Bertz CT molecular complexity index is 554. The highest BCUT2D eigenvalue weighted by atomic mass is 79.9. The molecule has 1 atom stereocenters. The fraction of sp³-hybridized carbons (Fsp3) is 0.500. The molecule has 1 saturated carbocycles. The quantitative estimate of drug-likeness (QED) is 0.883. The van der Waals surface area contributed by atoms with Crippen LogP contribution in [-0.2, 0) is 4.79 Å². The number of carboxylic acid groups (broad SMARTS) is 1. The molecule has 5 nitrogen and oxygen atoms in total. The largest absolute Gasteiger partial charge is 0.481 e. The molecule has 3 rings (SSSR count). The van der Waals surface area contributed by atoms with Gasteiger partial charge in [-0.2, -0.15) is 0 Å². The van der Waals surface area contributed by atoms with Crippen molar-refractivity contribution in [1.29, 1.82) is 0 Å². The molecule has 20 heavy (non-hydrogen) atoms. The van der Waals surface area contributed by atoms with Crippen LogP contribution in [0.25, 0.3) is 0 Å². The summed E-state index contributed by atoms with van der Waals surface area (Å²) in [5.41, 5.74) is 6.66. The number of rotatable bonds is 3. The maximum Gasteiger partial charge on any atom is 0.305 e. The van der Waals surface area contributed by atoms with Crippen LogP contribution < -0.4 is 15.2 Å². The van der Waals surface area contributed by atoms with E-state index in [0.717, 1.165) is 35.7 Å². The van der Waals surface area contributed by atoms with Gasteiger partial charge >= 0.3 is 5.97 Å². The standard InChI is InChI=1S/C14H16BrNO4/c15-9-6-12-11(5-8(9)10(16)7-13(17)18)19-14(20-12)3-1-2-4-14/h5-6,10H,1-4,7,16H2,(H,17,18). The molecule has 0 amide bonds. The van der Waals surface area contributed by atoms with Crippen LogP contribution in [-0.4, -0.2) is 16.9 Å². The average molecular weight is 342 g/mol. The fourth-order valence-electron chi connectivity index (χ4n) is 2.83. The predicted molar refractivity (Wildman–Crippen MR) is 75.8 cm³/mol. The molecule has 1 aliphatic heterocycles. The number of carbonyl (C=O) groups is 1. The lowest BCUT2D eigenvalue weighted by Crippen LogP contribution is -2.34. The lowest BCUT2D eigenvalue weighted by molar-refractivity contribution is -0.137. The third-order valence-corrected chi connectivity index (χ3v) is 4.50. The minimum absolute atomic E-state index is 0.122. The third kappa shape index (κ3) is 2.38. The van der Waals surface area contributed by atoms with Crippen molar-refractivity contribution in [3.8, 4) is 11.5 Å². The van der Waals surface area contributed by atoms with E-state index in [2.05, 4.69) is 15.9 Å². The number of hydrogen-bond donors (Lipinski definition) is 2. The molecule has 3 N–H and O–H groups in total. The topological polar surface area (TPSA) is 81.8 Å². The van der Waals surface area contributed by atoms with Gasteiger partial charge in [0, 0.05) is 23.4 Å². The van der Waals surface area contributed by atoms with Gasteiger partial charge in [-0.1, -0.05) is 15.9 Å². The zero-order valence-corrected chi connectivity index (χ0v) is 12.5. The molecule has 1 fully saturated rings. The molecule has 1 spiro atoms. The van der Waals surface area contributed by atoms with Gasteiger partial charge in [0.05, 0.1) is 6.42 Å². The summed E-state index contributed by atoms with van der Waals surface area (Å²) in [6.07, 6.45) is 3.84. The molecule has 1 aromatic rings. The Morgan fingerprint density at radius 2 is 1.95 bits per heavy atom. The normalized spacial score (nSPS) is 20.3. The number of fused-ring (bicyclic) bond motifs is 1. The van der Waals surface area contributed by atoms with Crippen LogP contribution in [0.5, 0.6) is 11.5 Å². The van der Waals surface area contributed by atoms with Crippen LogP contribution >= 0.6 is 15.9 Å². The molecule has 108 valence electrons. The average Bonchev–Trinajstić information content (AvgIpc) is 2.94. The van der Waals surface area contributed by atoms with E-state index in [1.54, 1.807) is 6.07 Å². The van der Waals surface area contributed by atoms with E-state index < -0.39 is 17.8 Å². The molecular formula is C14H16BrNO4. The van der Waals surface area contributed by atoms with E-state index in [1.807, 2.05) is 6.07 Å². The zero-order valence-electron chi connectivity index (χ0n) is 10.9. The van der Waals surface area contributed by atoms with Crippen molar-refractivity contribution in [1.82, 2.24) is 0 Å². The number of aliphatic carboxylic acids is 1. The van der Waals surface area contributed by atoms with Crippen molar-refractivity contribution in [3.63, 3.8) is 0 Å². The van der Waals surface area contributed by atoms with Gasteiger partial charge in [-0.25, -0.2) is 0 Å². The van der Waals surface area contributed by atoms with Gasteiger partial charge in [0.2, 0.25) is 0 Å². The van der Waals surface area contributed by atoms with Gasteiger partial charge in [0.1, 0.15) is 0 Å². The maximum absolute atomic E-state index is 10.8. The summed E-state index contributed by atoms with van der Waals surface area (Å²) in [5, 5.41) is 8.85. The first-order valence-corrected chi connectivity index (χ1v) is 7.47. The maximum atomic E-state index is 10.8. The number of nitrogens with two attached hydrogens (primary N) is 1. The fourth-order valence-corrected chi connectivity index (χ4v) is 3.45. The summed E-state index contributed by atoms with van der Waals surface area (Å²) < 4.78 is 12.7. The van der Waals surface area contributed by atoms with Crippen molar-refractivity contribution in [2.45, 2.75) is 43.9 Å². The van der Waals surface area contributed by atoms with Gasteiger partial charge in [0.25, 0.3) is 5.79 Å². The molecule has 0 aromatic heterocycles. The van der Waals surface area contributed by atoms with Crippen LogP contribution in [0.1, 0.15) is 43.7 Å². The Morgan fingerprint density at radius 3 is 2.55 bits per heavy atom. The summed E-state index contributed by atoms with van der Waals surface area (Å²) in [6.45, 7) is 0. The molecule has 2 aliphatic rings. The molecule has 1 aromatic carbocycles. The first kappa shape index (κ1) is 13.7. The zero-order chi connectivity index (χ0) is 14.3. The SMILES string of the molecule is NC(CC(=O)O)c1cc2c(cc1Br)OC1(CCCC1)O2. The molecule has 1 heterocycles. The van der Waals surface area contributed by atoms with Gasteiger partial charge < -0.3 is 20.3 Å². The van der Waals surface area contributed by atoms with E-state index in [9.17, 15) is 4.79 Å². The first-order chi connectivity index (χ1) is 9.49. The number of carboxylic acids is 1. The summed E-state index contributed by atoms with van der Waals surface area (Å²) in [7, 11) is 0. The molecule has 6 heteroatoms. The third-order valence-electron chi connectivity index (χ3n) is 3.81. The van der Waals surface area contributed by atoms with E-state index in [4.69, 9.17) is 20.3 Å². The summed E-state index contributed by atoms with van der Waals surface area (Å²) >= 11 is 3.43. The van der Waals surface area contributed by atoms with Crippen LogP contribution in [0.4, 0.5) is 0 Å². The summed E-state index contributed by atoms with van der Waals surface area (Å²) in [6, 6.07) is 3.04. The van der Waals surface area contributed by atoms with Crippen LogP contribution in [0.2, 0.25) is 0 Å². The number of benzene rings is 1. The minimum Gasteiger partial charge on any atom is -0.481 e. The number of ether oxygens (including phenoxy) is 2. The molecule has 0 saturated heterocycles. The van der Waals surface area contributed by atoms with Gasteiger partial charge in [-0.15, -0.1) is 0 Å². The van der Waals surface area contributed by atoms with Gasteiger partial charge in [-0.05, 0) is 30.5 Å². The van der Waals surface area contributed by atoms with E-state index >= 15 is 0 Å². The van der Waals surface area contributed by atoms with Crippen molar-refractivity contribution < 1.29 is 19.4 Å². The van der Waals surface area contributed by atoms with Crippen molar-refractivity contribution in [3.05, 3.63) is 22.2 Å². The van der Waals surface area contributed by atoms with Crippen molar-refractivity contribution >= 4 is 21.9 Å². The summed E-state index contributed by atoms with van der Waals surface area (Å²) in [4.78, 5) is 10.8. The predicted octanol–water partition coefficient (Wildman–Crippen LogP) is 2.97. The lowest BCUT2D eigenvalue weighted by Gasteiger charge is -2.21. The highest BCUT2D eigenvalue weighted by Crippen LogP contribution is 2.48. The second-order valence-electron chi connectivity index (χ2n) is 5.35. The van der Waals surface area contributed by atoms with Gasteiger partial charge in [0.15, 0.2) is 11.5 Å². The Morgan fingerprint density at radius 1 is 1.35 bits per heavy atom. The molecule has 0 bridgehead atoms. The Hall–Kier alpha value is -1.27. The molecule has 1 aliphatic carbocycles. The second kappa shape index (κ2) is 4.93. The van der Waals surface area contributed by atoms with Crippen LogP contribution in [0.15, 0.2) is 16.6 Å². The number of halogens is 1. The van der Waals surface area contributed by atoms with Crippen LogP contribution in [0.3, 0.4) is 0 Å². The molecule has 0 radical (unpaired) electrons. The molecule has 1 unspecified atom stereocenters. The highest BCUT2D eigenvalue weighted by molar-refractivity contribution is 9.10. The van der Waals surface area contributed by atoms with Crippen molar-refractivity contribution in [2.75, 3.05) is 0 Å². The van der Waals surface area contributed by atoms with E-state index in [1.165, 1.54) is 0 Å². The lowest BCUT2D eigenvalue weighted by atomic mass is 10.0. The highest BCUT2D eigenvalue weighted by Gasteiger charge is 2.44. The van der Waals surface area contributed by atoms with E-state index in [0.29, 0.717) is 11.5 Å². The molecular weight excluding hydrogens is 326 g/mol. The van der Waals surface area contributed by atoms with Crippen LogP contribution in [0, 0.1) is 0 Å². The minimum atomic E-state index is -0.922. The van der Waals surface area contributed by atoms with E-state index in [-0.39, 0.29) is 6.42 Å². The Balaban J connectivity index is 1.88. The number of hydrogen-bond acceptors (Lipinski definition) is 4. The van der Waals surface area contributed by atoms with Crippen molar-refractivity contribution in [2.24, 2.45) is 5.73 Å². The Kier molecular flexibility index (Phi) is 3.38. The smallest absolute Gasteiger partial charge is 0.305 e. The summed E-state index contributed by atoms with van der Waals surface area (Å²) in [5.74, 6) is -0.0811. The second-order valence-corrected chi connectivity index (χ2v) is 6.20.